The Balaban J connectivity index is 0.00000392. The second kappa shape index (κ2) is 14.0. The fourth-order valence-corrected chi connectivity index (χ4v) is 3.58. The average molecular weight is 505 g/mol. The summed E-state index contributed by atoms with van der Waals surface area (Å²) in [7, 11) is 5.27. The summed E-state index contributed by atoms with van der Waals surface area (Å²) in [5.74, 6) is 1.71. The number of hydrogen-bond donors (Lipinski definition) is 2. The minimum Gasteiger partial charge on any atom is -0.491 e. The molecular weight excluding hydrogens is 469 g/mol. The van der Waals surface area contributed by atoms with Crippen LogP contribution in [-0.4, -0.2) is 53.6 Å². The number of benzene rings is 1. The summed E-state index contributed by atoms with van der Waals surface area (Å²) in [6.45, 7) is 3.66. The maximum atomic E-state index is 5.60. The number of halogens is 1. The molecule has 0 radical (unpaired) electrons. The van der Waals surface area contributed by atoms with Crippen LogP contribution >= 0.6 is 24.0 Å². The SMILES string of the molecule is CN=C(NCc1ccc(OCCOC)cc1)NCC1(CCOC)CCCC1.I. The molecule has 0 atom stereocenters. The van der Waals surface area contributed by atoms with E-state index in [9.17, 15) is 0 Å². The fourth-order valence-electron chi connectivity index (χ4n) is 3.58. The maximum absolute atomic E-state index is 5.60. The summed E-state index contributed by atoms with van der Waals surface area (Å²) in [6.07, 6.45) is 6.28. The number of hydrogen-bond acceptors (Lipinski definition) is 4. The van der Waals surface area contributed by atoms with Gasteiger partial charge in [-0.25, -0.2) is 0 Å². The minimum absolute atomic E-state index is 0. The molecule has 2 rings (SSSR count). The lowest BCUT2D eigenvalue weighted by Gasteiger charge is -2.30. The Kier molecular flexibility index (Phi) is 12.5. The second-order valence-corrected chi connectivity index (χ2v) is 7.21. The third kappa shape index (κ3) is 8.53. The van der Waals surface area contributed by atoms with Crippen molar-refractivity contribution < 1.29 is 14.2 Å². The Morgan fingerprint density at radius 1 is 1.00 bits per heavy atom. The highest BCUT2D eigenvalue weighted by molar-refractivity contribution is 14.0. The lowest BCUT2D eigenvalue weighted by atomic mass is 9.83. The second-order valence-electron chi connectivity index (χ2n) is 7.21. The lowest BCUT2D eigenvalue weighted by Crippen LogP contribution is -2.43. The zero-order chi connectivity index (χ0) is 19.4. The molecular formula is C21H36IN3O3. The van der Waals surface area contributed by atoms with E-state index in [1.807, 2.05) is 19.2 Å². The Bertz CT molecular complexity index is 561. The van der Waals surface area contributed by atoms with Crippen LogP contribution in [0.3, 0.4) is 0 Å². The fraction of sp³-hybridized carbons (Fsp3) is 0.667. The summed E-state index contributed by atoms with van der Waals surface area (Å²) in [6, 6.07) is 8.11. The average Bonchev–Trinajstić information content (AvgIpc) is 3.17. The summed E-state index contributed by atoms with van der Waals surface area (Å²) in [4.78, 5) is 4.37. The van der Waals surface area contributed by atoms with Gasteiger partial charge in [-0.1, -0.05) is 25.0 Å². The Morgan fingerprint density at radius 2 is 1.68 bits per heavy atom. The molecule has 1 aromatic rings. The van der Waals surface area contributed by atoms with Crippen molar-refractivity contribution in [1.29, 1.82) is 0 Å². The molecule has 0 spiro atoms. The molecule has 1 aliphatic carbocycles. The lowest BCUT2D eigenvalue weighted by molar-refractivity contribution is 0.138. The van der Waals surface area contributed by atoms with E-state index in [1.165, 1.54) is 31.2 Å². The van der Waals surface area contributed by atoms with Gasteiger partial charge >= 0.3 is 0 Å². The van der Waals surface area contributed by atoms with Crippen molar-refractivity contribution in [2.24, 2.45) is 10.4 Å². The van der Waals surface area contributed by atoms with Gasteiger partial charge in [0.15, 0.2) is 5.96 Å². The van der Waals surface area contributed by atoms with Crippen LogP contribution in [0.25, 0.3) is 0 Å². The molecule has 0 heterocycles. The molecule has 2 N–H and O–H groups in total. The smallest absolute Gasteiger partial charge is 0.191 e. The van der Waals surface area contributed by atoms with Gasteiger partial charge in [0.1, 0.15) is 12.4 Å². The maximum Gasteiger partial charge on any atom is 0.191 e. The molecule has 0 saturated heterocycles. The number of methoxy groups -OCH3 is 2. The van der Waals surface area contributed by atoms with Gasteiger partial charge in [0.05, 0.1) is 6.61 Å². The third-order valence-corrected chi connectivity index (χ3v) is 5.29. The molecule has 1 saturated carbocycles. The molecule has 6 nitrogen and oxygen atoms in total. The predicted octanol–water partition coefficient (Wildman–Crippen LogP) is 3.59. The number of nitrogens with zero attached hydrogens (tertiary/aromatic N) is 1. The zero-order valence-electron chi connectivity index (χ0n) is 17.5. The first-order valence-electron chi connectivity index (χ1n) is 9.85. The summed E-state index contributed by atoms with van der Waals surface area (Å²) >= 11 is 0. The van der Waals surface area contributed by atoms with Crippen LogP contribution in [0.1, 0.15) is 37.7 Å². The standard InChI is InChI=1S/C21H35N3O3.HI/c1-22-20(24-17-21(12-13-25-2)10-4-5-11-21)23-16-18-6-8-19(9-7-18)27-15-14-26-3;/h6-9H,4-5,10-17H2,1-3H3,(H2,22,23,24);1H. The van der Waals surface area contributed by atoms with Gasteiger partial charge in [-0.05, 0) is 42.4 Å². The highest BCUT2D eigenvalue weighted by Gasteiger charge is 2.33. The van der Waals surface area contributed by atoms with Gasteiger partial charge < -0.3 is 24.8 Å². The normalized spacial score (nSPS) is 15.8. The van der Waals surface area contributed by atoms with Crippen molar-refractivity contribution in [3.05, 3.63) is 29.8 Å². The van der Waals surface area contributed by atoms with Crippen molar-refractivity contribution in [3.8, 4) is 5.75 Å². The van der Waals surface area contributed by atoms with Gasteiger partial charge in [0.25, 0.3) is 0 Å². The van der Waals surface area contributed by atoms with Crippen molar-refractivity contribution >= 4 is 29.9 Å². The zero-order valence-corrected chi connectivity index (χ0v) is 19.8. The Labute approximate surface area is 186 Å². The van der Waals surface area contributed by atoms with Crippen molar-refractivity contribution in [1.82, 2.24) is 10.6 Å². The Morgan fingerprint density at radius 3 is 2.29 bits per heavy atom. The van der Waals surface area contributed by atoms with Crippen LogP contribution in [0, 0.1) is 5.41 Å². The van der Waals surface area contributed by atoms with Crippen molar-refractivity contribution in [2.45, 2.75) is 38.6 Å². The van der Waals surface area contributed by atoms with Crippen LogP contribution in [0.2, 0.25) is 0 Å². The topological polar surface area (TPSA) is 64.1 Å². The van der Waals surface area contributed by atoms with Crippen LogP contribution in [-0.2, 0) is 16.0 Å². The highest BCUT2D eigenvalue weighted by Crippen LogP contribution is 2.40. The Hall–Kier alpha value is -1.06. The van der Waals surface area contributed by atoms with Gasteiger partial charge in [-0.15, -0.1) is 24.0 Å². The monoisotopic (exact) mass is 505 g/mol. The molecule has 0 amide bonds. The van der Waals surface area contributed by atoms with Crippen LogP contribution < -0.4 is 15.4 Å². The summed E-state index contributed by atoms with van der Waals surface area (Å²) in [5, 5.41) is 6.92. The van der Waals surface area contributed by atoms with Crippen LogP contribution in [0.5, 0.6) is 5.75 Å². The minimum atomic E-state index is 0. The molecule has 0 aromatic heterocycles. The van der Waals surface area contributed by atoms with Crippen LogP contribution in [0.4, 0.5) is 0 Å². The number of rotatable bonds is 11. The van der Waals surface area contributed by atoms with E-state index in [2.05, 4.69) is 27.8 Å². The number of aliphatic imine (C=N–C) groups is 1. The number of ether oxygens (including phenoxy) is 3. The van der Waals surface area contributed by atoms with Gasteiger partial charge in [-0.3, -0.25) is 4.99 Å². The molecule has 28 heavy (non-hydrogen) atoms. The molecule has 0 aliphatic heterocycles. The molecule has 160 valence electrons. The molecule has 7 heteroatoms. The van der Waals surface area contributed by atoms with E-state index in [1.54, 1.807) is 14.2 Å². The predicted molar refractivity (Wildman–Crippen MR) is 125 cm³/mol. The van der Waals surface area contributed by atoms with E-state index in [0.29, 0.717) is 18.6 Å². The van der Waals surface area contributed by atoms with Gasteiger partial charge in [-0.2, -0.15) is 0 Å². The molecule has 1 aromatic carbocycles. The first-order valence-corrected chi connectivity index (χ1v) is 9.85. The highest BCUT2D eigenvalue weighted by atomic mass is 127. The molecule has 1 aliphatic rings. The van der Waals surface area contributed by atoms with Crippen LogP contribution in [0.15, 0.2) is 29.3 Å². The molecule has 0 bridgehead atoms. The van der Waals surface area contributed by atoms with Gasteiger partial charge in [0, 0.05) is 41.0 Å². The van der Waals surface area contributed by atoms with E-state index >= 15 is 0 Å². The first kappa shape index (κ1) is 25.0. The molecule has 0 unspecified atom stereocenters. The third-order valence-electron chi connectivity index (χ3n) is 5.29. The van der Waals surface area contributed by atoms with Crippen molar-refractivity contribution in [3.63, 3.8) is 0 Å². The van der Waals surface area contributed by atoms with E-state index in [0.717, 1.165) is 37.8 Å². The van der Waals surface area contributed by atoms with E-state index in [4.69, 9.17) is 14.2 Å². The summed E-state index contributed by atoms with van der Waals surface area (Å²) < 4.78 is 15.9. The number of nitrogens with one attached hydrogen (secondary N) is 2. The van der Waals surface area contributed by atoms with E-state index < -0.39 is 0 Å². The van der Waals surface area contributed by atoms with Gasteiger partial charge in [0.2, 0.25) is 0 Å². The van der Waals surface area contributed by atoms with Crippen molar-refractivity contribution in [2.75, 3.05) is 47.6 Å². The van der Waals surface area contributed by atoms with E-state index in [-0.39, 0.29) is 24.0 Å². The molecule has 1 fully saturated rings. The quantitative estimate of drug-likeness (QED) is 0.208. The number of guanidine groups is 1. The largest absolute Gasteiger partial charge is 0.491 e. The first-order chi connectivity index (χ1) is 13.2. The summed E-state index contributed by atoms with van der Waals surface area (Å²) in [5.41, 5.74) is 1.53.